The zero-order valence-corrected chi connectivity index (χ0v) is 10.4. The first kappa shape index (κ1) is 11.7. The standard InChI is InChI=1S/C13H15N5O/c14-13-10(2-1-5-16-13)11-6-15-8-18(11)7-12(19)17-9-3-4-9/h1-2,5-6,8-9H,3-4,7H2,(H2,14,16)(H,17,19). The van der Waals surface area contributed by atoms with E-state index in [0.717, 1.165) is 24.1 Å². The van der Waals surface area contributed by atoms with Crippen LogP contribution in [0.5, 0.6) is 0 Å². The van der Waals surface area contributed by atoms with Crippen LogP contribution in [0.15, 0.2) is 30.9 Å². The summed E-state index contributed by atoms with van der Waals surface area (Å²) >= 11 is 0. The van der Waals surface area contributed by atoms with E-state index in [-0.39, 0.29) is 12.5 Å². The number of nitrogens with two attached hydrogens (primary N) is 1. The second-order valence-electron chi connectivity index (χ2n) is 4.68. The number of carbonyl (C=O) groups excluding carboxylic acids is 1. The molecule has 6 nitrogen and oxygen atoms in total. The van der Waals surface area contributed by atoms with Crippen LogP contribution in [0.1, 0.15) is 12.8 Å². The summed E-state index contributed by atoms with van der Waals surface area (Å²) in [7, 11) is 0. The Bertz CT molecular complexity index is 603. The van der Waals surface area contributed by atoms with E-state index in [1.807, 2.05) is 12.1 Å². The number of hydrogen-bond donors (Lipinski definition) is 2. The van der Waals surface area contributed by atoms with Crippen LogP contribution in [0.4, 0.5) is 5.82 Å². The van der Waals surface area contributed by atoms with Crippen LogP contribution < -0.4 is 11.1 Å². The van der Waals surface area contributed by atoms with Crippen LogP contribution in [0.25, 0.3) is 11.3 Å². The molecule has 1 aliphatic carbocycles. The summed E-state index contributed by atoms with van der Waals surface area (Å²) in [5.41, 5.74) is 7.44. The summed E-state index contributed by atoms with van der Waals surface area (Å²) in [6, 6.07) is 4.05. The molecule has 98 valence electrons. The minimum Gasteiger partial charge on any atom is -0.383 e. The zero-order chi connectivity index (χ0) is 13.2. The van der Waals surface area contributed by atoms with E-state index in [2.05, 4.69) is 15.3 Å². The van der Waals surface area contributed by atoms with Gasteiger partial charge in [0.15, 0.2) is 0 Å². The van der Waals surface area contributed by atoms with Crippen molar-refractivity contribution in [3.05, 3.63) is 30.9 Å². The highest BCUT2D eigenvalue weighted by molar-refractivity contribution is 5.78. The number of rotatable bonds is 4. The van der Waals surface area contributed by atoms with Gasteiger partial charge >= 0.3 is 0 Å². The molecule has 6 heteroatoms. The maximum Gasteiger partial charge on any atom is 0.240 e. The largest absolute Gasteiger partial charge is 0.383 e. The lowest BCUT2D eigenvalue weighted by molar-refractivity contribution is -0.121. The molecule has 3 rings (SSSR count). The summed E-state index contributed by atoms with van der Waals surface area (Å²) < 4.78 is 1.78. The van der Waals surface area contributed by atoms with Gasteiger partial charge in [-0.15, -0.1) is 0 Å². The molecule has 0 spiro atoms. The molecule has 1 saturated carbocycles. The van der Waals surface area contributed by atoms with Crippen LogP contribution >= 0.6 is 0 Å². The Balaban J connectivity index is 1.81. The molecule has 1 fully saturated rings. The Morgan fingerprint density at radius 1 is 1.53 bits per heavy atom. The van der Waals surface area contributed by atoms with Gasteiger partial charge in [-0.1, -0.05) is 0 Å². The highest BCUT2D eigenvalue weighted by Crippen LogP contribution is 2.23. The molecule has 0 saturated heterocycles. The number of nitrogens with one attached hydrogen (secondary N) is 1. The first-order chi connectivity index (χ1) is 9.24. The fourth-order valence-corrected chi connectivity index (χ4v) is 1.96. The van der Waals surface area contributed by atoms with Gasteiger partial charge in [0.1, 0.15) is 12.4 Å². The van der Waals surface area contributed by atoms with E-state index in [4.69, 9.17) is 5.73 Å². The summed E-state index contributed by atoms with van der Waals surface area (Å²) in [4.78, 5) is 20.0. The predicted octanol–water partition coefficient (Wildman–Crippen LogP) is 0.806. The molecule has 1 aliphatic rings. The molecule has 1 amide bonds. The molecule has 2 aromatic rings. The van der Waals surface area contributed by atoms with Gasteiger partial charge in [-0.3, -0.25) is 4.79 Å². The molecule has 3 N–H and O–H groups in total. The Hall–Kier alpha value is -2.37. The maximum absolute atomic E-state index is 11.8. The first-order valence-corrected chi connectivity index (χ1v) is 6.24. The van der Waals surface area contributed by atoms with Gasteiger partial charge < -0.3 is 15.6 Å². The van der Waals surface area contributed by atoms with Crippen molar-refractivity contribution >= 4 is 11.7 Å². The van der Waals surface area contributed by atoms with Crippen molar-refractivity contribution < 1.29 is 4.79 Å². The van der Waals surface area contributed by atoms with E-state index in [0.29, 0.717) is 11.9 Å². The maximum atomic E-state index is 11.8. The van der Waals surface area contributed by atoms with Crippen molar-refractivity contribution in [2.24, 2.45) is 0 Å². The molecule has 0 radical (unpaired) electrons. The van der Waals surface area contributed by atoms with E-state index in [1.54, 1.807) is 23.3 Å². The van der Waals surface area contributed by atoms with Crippen molar-refractivity contribution in [3.8, 4) is 11.3 Å². The summed E-state index contributed by atoms with van der Waals surface area (Å²) in [5.74, 6) is 0.441. The van der Waals surface area contributed by atoms with E-state index < -0.39 is 0 Å². The molecule has 2 aromatic heterocycles. The molecule has 0 bridgehead atoms. The third-order valence-corrected chi connectivity index (χ3v) is 3.08. The molecule has 0 atom stereocenters. The van der Waals surface area contributed by atoms with Gasteiger partial charge in [-0.25, -0.2) is 9.97 Å². The Morgan fingerprint density at radius 3 is 3.11 bits per heavy atom. The molecule has 0 aliphatic heterocycles. The summed E-state index contributed by atoms with van der Waals surface area (Å²) in [5, 5.41) is 2.95. The Morgan fingerprint density at radius 2 is 2.37 bits per heavy atom. The topological polar surface area (TPSA) is 85.8 Å². The SMILES string of the molecule is Nc1ncccc1-c1cncn1CC(=O)NC1CC1. The van der Waals surface area contributed by atoms with Crippen LogP contribution in [0, 0.1) is 0 Å². The van der Waals surface area contributed by atoms with Crippen LogP contribution in [-0.4, -0.2) is 26.5 Å². The smallest absolute Gasteiger partial charge is 0.240 e. The average Bonchev–Trinajstić information content (AvgIpc) is 3.08. The molecule has 0 unspecified atom stereocenters. The van der Waals surface area contributed by atoms with E-state index >= 15 is 0 Å². The van der Waals surface area contributed by atoms with E-state index in [1.165, 1.54) is 0 Å². The first-order valence-electron chi connectivity index (χ1n) is 6.24. The van der Waals surface area contributed by atoms with Crippen molar-refractivity contribution in [2.75, 3.05) is 5.73 Å². The number of hydrogen-bond acceptors (Lipinski definition) is 4. The fraction of sp³-hybridized carbons (Fsp3) is 0.308. The lowest BCUT2D eigenvalue weighted by Gasteiger charge is -2.09. The van der Waals surface area contributed by atoms with E-state index in [9.17, 15) is 4.79 Å². The number of nitrogen functional groups attached to an aromatic ring is 1. The lowest BCUT2D eigenvalue weighted by Crippen LogP contribution is -2.29. The lowest BCUT2D eigenvalue weighted by atomic mass is 10.2. The second kappa shape index (κ2) is 4.72. The summed E-state index contributed by atoms with van der Waals surface area (Å²) in [6.07, 6.45) is 7.13. The third-order valence-electron chi connectivity index (χ3n) is 3.08. The highest BCUT2D eigenvalue weighted by Gasteiger charge is 2.23. The molecule has 0 aromatic carbocycles. The van der Waals surface area contributed by atoms with Gasteiger partial charge in [0.25, 0.3) is 0 Å². The van der Waals surface area contributed by atoms with Crippen molar-refractivity contribution in [1.82, 2.24) is 19.9 Å². The molecular formula is C13H15N5O. The third kappa shape index (κ3) is 2.57. The average molecular weight is 257 g/mol. The Kier molecular flexibility index (Phi) is 2.91. The molecule has 2 heterocycles. The number of pyridine rings is 1. The van der Waals surface area contributed by atoms with Gasteiger partial charge in [0, 0.05) is 17.8 Å². The normalized spacial score (nSPS) is 14.3. The number of amides is 1. The highest BCUT2D eigenvalue weighted by atomic mass is 16.2. The van der Waals surface area contributed by atoms with Crippen molar-refractivity contribution in [3.63, 3.8) is 0 Å². The predicted molar refractivity (Wildman–Crippen MR) is 71.0 cm³/mol. The van der Waals surface area contributed by atoms with Gasteiger partial charge in [0.05, 0.1) is 18.2 Å². The minimum atomic E-state index is 0.00390. The number of carbonyl (C=O) groups is 1. The Labute approximate surface area is 110 Å². The van der Waals surface area contributed by atoms with Crippen LogP contribution in [0.3, 0.4) is 0 Å². The van der Waals surface area contributed by atoms with Gasteiger partial charge in [-0.05, 0) is 25.0 Å². The number of nitrogens with zero attached hydrogens (tertiary/aromatic N) is 3. The van der Waals surface area contributed by atoms with Crippen LogP contribution in [-0.2, 0) is 11.3 Å². The van der Waals surface area contributed by atoms with Gasteiger partial charge in [0.2, 0.25) is 5.91 Å². The monoisotopic (exact) mass is 257 g/mol. The van der Waals surface area contributed by atoms with Crippen LogP contribution in [0.2, 0.25) is 0 Å². The quantitative estimate of drug-likeness (QED) is 0.848. The molecular weight excluding hydrogens is 242 g/mol. The fourth-order valence-electron chi connectivity index (χ4n) is 1.96. The zero-order valence-electron chi connectivity index (χ0n) is 10.4. The van der Waals surface area contributed by atoms with Gasteiger partial charge in [-0.2, -0.15) is 0 Å². The second-order valence-corrected chi connectivity index (χ2v) is 4.68. The number of aromatic nitrogens is 3. The number of anilines is 1. The number of imidazole rings is 1. The molecule has 19 heavy (non-hydrogen) atoms. The van der Waals surface area contributed by atoms with Crippen molar-refractivity contribution in [2.45, 2.75) is 25.4 Å². The minimum absolute atomic E-state index is 0.00390. The van der Waals surface area contributed by atoms with Crippen molar-refractivity contribution in [1.29, 1.82) is 0 Å². The summed E-state index contributed by atoms with van der Waals surface area (Å²) in [6.45, 7) is 0.250.